The summed E-state index contributed by atoms with van der Waals surface area (Å²) >= 11 is 9.33. The van der Waals surface area contributed by atoms with Crippen molar-refractivity contribution in [2.24, 2.45) is 11.8 Å². The average Bonchev–Trinajstić information content (AvgIpc) is 3.02. The van der Waals surface area contributed by atoms with Gasteiger partial charge < -0.3 is 0 Å². The van der Waals surface area contributed by atoms with Crippen LogP contribution in [-0.2, 0) is 15.9 Å². The van der Waals surface area contributed by atoms with E-state index in [2.05, 4.69) is 15.9 Å². The number of rotatable bonds is 3. The molecule has 3 rings (SSSR count). The molecule has 2 unspecified atom stereocenters. The molecule has 2 fully saturated rings. The van der Waals surface area contributed by atoms with Gasteiger partial charge in [0, 0.05) is 23.4 Å². The summed E-state index contributed by atoms with van der Waals surface area (Å²) < 4.78 is 28.4. The highest BCUT2D eigenvalue weighted by molar-refractivity contribution is 9.10. The van der Waals surface area contributed by atoms with Crippen molar-refractivity contribution in [1.82, 2.24) is 4.31 Å². The standard InChI is InChI=1S/C15H19BrClNO2S/c1-10-14(16)5-11(7-17)6-15(10)21(19,20)18-8-12-3-2-4-13(12)9-18/h5-6,12-13H,2-4,7-9H2,1H3. The van der Waals surface area contributed by atoms with Crippen LogP contribution in [-0.4, -0.2) is 25.8 Å². The number of hydrogen-bond acceptors (Lipinski definition) is 2. The molecular formula is C15H19BrClNO2S. The maximum atomic E-state index is 13.0. The normalized spacial score (nSPS) is 26.2. The minimum absolute atomic E-state index is 0.312. The van der Waals surface area contributed by atoms with Crippen LogP contribution in [0.15, 0.2) is 21.5 Å². The molecule has 0 radical (unpaired) electrons. The predicted octanol–water partition coefficient (Wildman–Crippen LogP) is 3.92. The average molecular weight is 393 g/mol. The molecule has 0 aromatic heterocycles. The molecule has 2 aliphatic rings. The molecule has 3 nitrogen and oxygen atoms in total. The fourth-order valence-electron chi connectivity index (χ4n) is 3.58. The van der Waals surface area contributed by atoms with Crippen LogP contribution in [0, 0.1) is 18.8 Å². The second-order valence-corrected chi connectivity index (χ2v) is 9.14. The molecule has 0 amide bonds. The van der Waals surface area contributed by atoms with Gasteiger partial charge in [-0.15, -0.1) is 11.6 Å². The summed E-state index contributed by atoms with van der Waals surface area (Å²) in [6.07, 6.45) is 3.58. The first-order valence-electron chi connectivity index (χ1n) is 7.28. The van der Waals surface area contributed by atoms with Gasteiger partial charge in [0.05, 0.1) is 4.90 Å². The Bertz CT molecular complexity index is 650. The first-order chi connectivity index (χ1) is 9.93. The lowest BCUT2D eigenvalue weighted by Gasteiger charge is -2.20. The van der Waals surface area contributed by atoms with Gasteiger partial charge in [-0.05, 0) is 54.9 Å². The number of benzene rings is 1. The van der Waals surface area contributed by atoms with Gasteiger partial charge in [0.2, 0.25) is 10.0 Å². The van der Waals surface area contributed by atoms with Crippen LogP contribution in [0.4, 0.5) is 0 Å². The quantitative estimate of drug-likeness (QED) is 0.731. The number of nitrogens with zero attached hydrogens (tertiary/aromatic N) is 1. The molecule has 1 heterocycles. The molecule has 1 aliphatic heterocycles. The van der Waals surface area contributed by atoms with E-state index < -0.39 is 10.0 Å². The van der Waals surface area contributed by atoms with Crippen LogP contribution in [0.2, 0.25) is 0 Å². The molecule has 1 aliphatic carbocycles. The van der Waals surface area contributed by atoms with E-state index in [1.54, 1.807) is 10.4 Å². The zero-order valence-corrected chi connectivity index (χ0v) is 15.1. The largest absolute Gasteiger partial charge is 0.243 e. The number of alkyl halides is 1. The maximum Gasteiger partial charge on any atom is 0.243 e. The van der Waals surface area contributed by atoms with Gasteiger partial charge in [-0.1, -0.05) is 22.4 Å². The van der Waals surface area contributed by atoms with Crippen molar-refractivity contribution in [3.05, 3.63) is 27.7 Å². The molecule has 0 bridgehead atoms. The highest BCUT2D eigenvalue weighted by Gasteiger charge is 2.41. The van der Waals surface area contributed by atoms with E-state index in [1.165, 1.54) is 19.3 Å². The van der Waals surface area contributed by atoms with E-state index in [0.717, 1.165) is 15.6 Å². The van der Waals surface area contributed by atoms with E-state index in [1.807, 2.05) is 13.0 Å². The van der Waals surface area contributed by atoms with Gasteiger partial charge >= 0.3 is 0 Å². The summed E-state index contributed by atoms with van der Waals surface area (Å²) in [5.74, 6) is 1.42. The van der Waals surface area contributed by atoms with Crippen molar-refractivity contribution < 1.29 is 8.42 Å². The Labute approximate surface area is 139 Å². The van der Waals surface area contributed by atoms with Crippen molar-refractivity contribution in [3.63, 3.8) is 0 Å². The number of fused-ring (bicyclic) bond motifs is 1. The topological polar surface area (TPSA) is 37.4 Å². The van der Waals surface area contributed by atoms with E-state index in [4.69, 9.17) is 11.6 Å². The first-order valence-corrected chi connectivity index (χ1v) is 10.1. The van der Waals surface area contributed by atoms with Crippen molar-refractivity contribution >= 4 is 37.6 Å². The van der Waals surface area contributed by atoms with E-state index in [9.17, 15) is 8.42 Å². The molecule has 0 spiro atoms. The van der Waals surface area contributed by atoms with E-state index in [0.29, 0.717) is 35.7 Å². The van der Waals surface area contributed by atoms with Crippen LogP contribution >= 0.6 is 27.5 Å². The third-order valence-electron chi connectivity index (χ3n) is 4.82. The molecule has 21 heavy (non-hydrogen) atoms. The lowest BCUT2D eigenvalue weighted by molar-refractivity contribution is 0.445. The van der Waals surface area contributed by atoms with Gasteiger partial charge in [-0.2, -0.15) is 4.31 Å². The van der Waals surface area contributed by atoms with Crippen molar-refractivity contribution in [3.8, 4) is 0 Å². The van der Waals surface area contributed by atoms with Gasteiger partial charge in [0.25, 0.3) is 0 Å². The third kappa shape index (κ3) is 2.78. The molecule has 0 N–H and O–H groups in total. The summed E-state index contributed by atoms with van der Waals surface area (Å²) in [7, 11) is -3.42. The monoisotopic (exact) mass is 391 g/mol. The van der Waals surface area contributed by atoms with Gasteiger partial charge in [0.15, 0.2) is 0 Å². The summed E-state index contributed by atoms with van der Waals surface area (Å²) in [5, 5.41) is 0. The number of halogens is 2. The van der Waals surface area contributed by atoms with Crippen LogP contribution in [0.1, 0.15) is 30.4 Å². The van der Waals surface area contributed by atoms with Crippen LogP contribution in [0.5, 0.6) is 0 Å². The highest BCUT2D eigenvalue weighted by Crippen LogP contribution is 2.40. The highest BCUT2D eigenvalue weighted by atomic mass is 79.9. The first kappa shape index (κ1) is 15.8. The molecule has 6 heteroatoms. The summed E-state index contributed by atoms with van der Waals surface area (Å²) in [6.45, 7) is 3.19. The van der Waals surface area contributed by atoms with Gasteiger partial charge in [-0.3, -0.25) is 0 Å². The summed E-state index contributed by atoms with van der Waals surface area (Å²) in [5.41, 5.74) is 1.59. The molecule has 2 atom stereocenters. The molecule has 1 saturated heterocycles. The zero-order valence-electron chi connectivity index (χ0n) is 12.0. The lowest BCUT2D eigenvalue weighted by Crippen LogP contribution is -2.30. The van der Waals surface area contributed by atoms with Crippen molar-refractivity contribution in [1.29, 1.82) is 0 Å². The fourth-order valence-corrected chi connectivity index (χ4v) is 6.22. The zero-order chi connectivity index (χ0) is 15.2. The van der Waals surface area contributed by atoms with Crippen LogP contribution in [0.25, 0.3) is 0 Å². The molecular weight excluding hydrogens is 374 g/mol. The Morgan fingerprint density at radius 2 is 1.90 bits per heavy atom. The number of sulfonamides is 1. The second kappa shape index (κ2) is 5.84. The minimum atomic E-state index is -3.42. The Kier molecular flexibility index (Phi) is 4.39. The minimum Gasteiger partial charge on any atom is -0.207 e. The van der Waals surface area contributed by atoms with Crippen molar-refractivity contribution in [2.75, 3.05) is 13.1 Å². The fraction of sp³-hybridized carbons (Fsp3) is 0.600. The Balaban J connectivity index is 1.97. The number of hydrogen-bond donors (Lipinski definition) is 0. The van der Waals surface area contributed by atoms with E-state index >= 15 is 0 Å². The van der Waals surface area contributed by atoms with Gasteiger partial charge in [0.1, 0.15) is 0 Å². The predicted molar refractivity (Wildman–Crippen MR) is 88.0 cm³/mol. The maximum absolute atomic E-state index is 13.0. The Morgan fingerprint density at radius 1 is 1.29 bits per heavy atom. The third-order valence-corrected chi connectivity index (χ3v) is 7.91. The van der Waals surface area contributed by atoms with Gasteiger partial charge in [-0.25, -0.2) is 8.42 Å². The van der Waals surface area contributed by atoms with Crippen molar-refractivity contribution in [2.45, 2.75) is 37.0 Å². The second-order valence-electron chi connectivity index (χ2n) is 6.11. The summed E-state index contributed by atoms with van der Waals surface area (Å²) in [6, 6.07) is 3.61. The molecule has 1 saturated carbocycles. The van der Waals surface area contributed by atoms with E-state index in [-0.39, 0.29) is 0 Å². The SMILES string of the molecule is Cc1c(Br)cc(CCl)cc1S(=O)(=O)N1CC2CCCC2C1. The molecule has 116 valence electrons. The Morgan fingerprint density at radius 3 is 2.48 bits per heavy atom. The lowest BCUT2D eigenvalue weighted by atomic mass is 10.0. The van der Waals surface area contributed by atoms with Crippen LogP contribution in [0.3, 0.4) is 0 Å². The molecule has 1 aromatic carbocycles. The summed E-state index contributed by atoms with van der Waals surface area (Å²) in [4.78, 5) is 0.396. The smallest absolute Gasteiger partial charge is 0.207 e. The molecule has 1 aromatic rings. The van der Waals surface area contributed by atoms with Crippen LogP contribution < -0.4 is 0 Å². The Hall–Kier alpha value is -0.100.